The molecule has 6 heteroatoms. The van der Waals surface area contributed by atoms with Crippen LogP contribution in [0, 0.1) is 17.3 Å². The van der Waals surface area contributed by atoms with E-state index in [0.717, 1.165) is 38.8 Å². The summed E-state index contributed by atoms with van der Waals surface area (Å²) in [7, 11) is 0. The number of hydrogen-bond acceptors (Lipinski definition) is 3. The molecule has 0 aromatic heterocycles. The van der Waals surface area contributed by atoms with Crippen molar-refractivity contribution in [2.75, 3.05) is 19.6 Å². The molecule has 2 fully saturated rings. The van der Waals surface area contributed by atoms with E-state index in [0.29, 0.717) is 23.4 Å². The van der Waals surface area contributed by atoms with Crippen molar-refractivity contribution >= 4 is 29.0 Å². The number of carbonyl (C=O) groups excluding carboxylic acids is 2. The summed E-state index contributed by atoms with van der Waals surface area (Å²) in [6, 6.07) is 0. The molecule has 1 aliphatic carbocycles. The zero-order valence-corrected chi connectivity index (χ0v) is 13.7. The van der Waals surface area contributed by atoms with E-state index >= 15 is 0 Å². The van der Waals surface area contributed by atoms with Gasteiger partial charge in [0.2, 0.25) is 11.8 Å². The molecule has 2 aliphatic rings. The van der Waals surface area contributed by atoms with E-state index in [1.807, 2.05) is 4.90 Å². The maximum absolute atomic E-state index is 12.8. The number of nitrogens with one attached hydrogen (secondary N) is 1. The molecule has 2 amide bonds. The van der Waals surface area contributed by atoms with E-state index in [-0.39, 0.29) is 11.8 Å². The monoisotopic (exact) mass is 311 g/mol. The number of piperidine rings is 1. The third-order valence-corrected chi connectivity index (χ3v) is 5.21. The largest absolute Gasteiger partial charge is 0.392 e. The average Bonchev–Trinajstić information content (AvgIpc) is 2.41. The summed E-state index contributed by atoms with van der Waals surface area (Å²) < 4.78 is 0. The first-order valence-electron chi connectivity index (χ1n) is 7.69. The summed E-state index contributed by atoms with van der Waals surface area (Å²) in [6.07, 6.45) is 3.42. The quantitative estimate of drug-likeness (QED) is 0.761. The van der Waals surface area contributed by atoms with Crippen LogP contribution in [0.2, 0.25) is 0 Å². The van der Waals surface area contributed by atoms with E-state index in [4.69, 9.17) is 18.0 Å². The van der Waals surface area contributed by atoms with E-state index in [1.54, 1.807) is 0 Å². The van der Waals surface area contributed by atoms with Crippen LogP contribution in [0.15, 0.2) is 0 Å². The molecule has 21 heavy (non-hydrogen) atoms. The number of carbonyl (C=O) groups is 2. The van der Waals surface area contributed by atoms with Gasteiger partial charge in [0, 0.05) is 26.6 Å². The number of nitrogens with zero attached hydrogens (tertiary/aromatic N) is 1. The Labute approximate surface area is 131 Å². The van der Waals surface area contributed by atoms with Crippen LogP contribution in [0.25, 0.3) is 0 Å². The van der Waals surface area contributed by atoms with Gasteiger partial charge >= 0.3 is 0 Å². The molecule has 118 valence electrons. The molecule has 5 nitrogen and oxygen atoms in total. The summed E-state index contributed by atoms with van der Waals surface area (Å²) in [5, 5.41) is 2.85. The second kappa shape index (κ2) is 6.30. The van der Waals surface area contributed by atoms with Crippen LogP contribution in [-0.2, 0) is 9.59 Å². The molecule has 0 aromatic carbocycles. The summed E-state index contributed by atoms with van der Waals surface area (Å²) in [5.74, 6) is 1.10. The molecule has 2 rings (SSSR count). The van der Waals surface area contributed by atoms with Crippen molar-refractivity contribution in [3.63, 3.8) is 0 Å². The molecular formula is C15H25N3O2S. The Morgan fingerprint density at radius 1 is 1.33 bits per heavy atom. The van der Waals surface area contributed by atoms with Crippen molar-refractivity contribution in [3.05, 3.63) is 0 Å². The van der Waals surface area contributed by atoms with Gasteiger partial charge in [-0.2, -0.15) is 0 Å². The lowest BCUT2D eigenvalue weighted by Crippen LogP contribution is -2.58. The molecule has 0 aromatic rings. The van der Waals surface area contributed by atoms with E-state index < -0.39 is 5.41 Å². The van der Waals surface area contributed by atoms with Gasteiger partial charge in [-0.15, -0.1) is 0 Å². The first-order chi connectivity index (χ1) is 9.85. The van der Waals surface area contributed by atoms with Crippen molar-refractivity contribution in [2.24, 2.45) is 23.0 Å². The fourth-order valence-corrected chi connectivity index (χ4v) is 3.80. The number of nitrogens with two attached hydrogens (primary N) is 1. The molecule has 1 heterocycles. The zero-order valence-electron chi connectivity index (χ0n) is 12.9. The highest BCUT2D eigenvalue weighted by molar-refractivity contribution is 7.80. The molecule has 0 unspecified atom stereocenters. The fraction of sp³-hybridized carbons (Fsp3) is 0.800. The van der Waals surface area contributed by atoms with Gasteiger partial charge in [-0.1, -0.05) is 19.1 Å². The Morgan fingerprint density at radius 3 is 2.33 bits per heavy atom. The van der Waals surface area contributed by atoms with Gasteiger partial charge in [0.1, 0.15) is 0 Å². The minimum absolute atomic E-state index is 0.00407. The zero-order chi connectivity index (χ0) is 15.6. The molecule has 0 spiro atoms. The molecule has 1 saturated carbocycles. The second-order valence-electron chi connectivity index (χ2n) is 6.63. The average molecular weight is 311 g/mol. The number of rotatable bonds is 4. The van der Waals surface area contributed by atoms with Gasteiger partial charge in [-0.3, -0.25) is 9.59 Å². The molecule has 0 atom stereocenters. The van der Waals surface area contributed by atoms with Crippen LogP contribution in [-0.4, -0.2) is 41.3 Å². The highest BCUT2D eigenvalue weighted by Gasteiger charge is 2.52. The maximum Gasteiger partial charge on any atom is 0.235 e. The van der Waals surface area contributed by atoms with Gasteiger partial charge in [-0.05, 0) is 37.5 Å². The lowest BCUT2D eigenvalue weighted by atomic mass is 9.61. The van der Waals surface area contributed by atoms with Gasteiger partial charge in [0.05, 0.1) is 10.4 Å². The topological polar surface area (TPSA) is 75.4 Å². The summed E-state index contributed by atoms with van der Waals surface area (Å²) >= 11 is 5.16. The predicted octanol–water partition coefficient (Wildman–Crippen LogP) is 1.06. The third-order valence-electron chi connectivity index (χ3n) is 4.82. The third kappa shape index (κ3) is 3.36. The Kier molecular flexibility index (Phi) is 4.86. The summed E-state index contributed by atoms with van der Waals surface area (Å²) in [6.45, 7) is 5.84. The number of likely N-dealkylation sites (tertiary alicyclic amines) is 1. The SMILES string of the molecule is CC(=O)NCC1CCN(C(=O)C2(C(N)=S)CC(C)C2)CC1. The maximum atomic E-state index is 12.8. The molecule has 3 N–H and O–H groups in total. The number of thiocarbonyl (C=S) groups is 1. The Hall–Kier alpha value is -1.17. The van der Waals surface area contributed by atoms with Gasteiger partial charge in [-0.25, -0.2) is 0 Å². The van der Waals surface area contributed by atoms with Crippen molar-refractivity contribution in [2.45, 2.75) is 39.5 Å². The van der Waals surface area contributed by atoms with Crippen LogP contribution in [0.3, 0.4) is 0 Å². The predicted molar refractivity (Wildman–Crippen MR) is 85.6 cm³/mol. The van der Waals surface area contributed by atoms with Crippen LogP contribution in [0.5, 0.6) is 0 Å². The Bertz CT molecular complexity index is 438. The lowest BCUT2D eigenvalue weighted by Gasteiger charge is -2.47. The number of amides is 2. The van der Waals surface area contributed by atoms with Crippen LogP contribution in [0.1, 0.15) is 39.5 Å². The lowest BCUT2D eigenvalue weighted by molar-refractivity contribution is -0.145. The van der Waals surface area contributed by atoms with E-state index in [9.17, 15) is 9.59 Å². The van der Waals surface area contributed by atoms with Gasteiger partial charge in [0.25, 0.3) is 0 Å². The van der Waals surface area contributed by atoms with Crippen LogP contribution in [0.4, 0.5) is 0 Å². The minimum Gasteiger partial charge on any atom is -0.392 e. The van der Waals surface area contributed by atoms with Gasteiger partial charge < -0.3 is 16.0 Å². The first kappa shape index (κ1) is 16.2. The van der Waals surface area contributed by atoms with Crippen LogP contribution < -0.4 is 11.1 Å². The smallest absolute Gasteiger partial charge is 0.235 e. The first-order valence-corrected chi connectivity index (χ1v) is 8.09. The van der Waals surface area contributed by atoms with Crippen molar-refractivity contribution < 1.29 is 9.59 Å². The fourth-order valence-electron chi connectivity index (χ4n) is 3.54. The van der Waals surface area contributed by atoms with Crippen molar-refractivity contribution in [1.82, 2.24) is 10.2 Å². The van der Waals surface area contributed by atoms with Crippen LogP contribution >= 0.6 is 12.2 Å². The molecule has 0 radical (unpaired) electrons. The normalized spacial score (nSPS) is 29.6. The Balaban J connectivity index is 1.88. The van der Waals surface area contributed by atoms with E-state index in [1.165, 1.54) is 6.92 Å². The summed E-state index contributed by atoms with van der Waals surface area (Å²) in [5.41, 5.74) is 5.26. The van der Waals surface area contributed by atoms with Crippen molar-refractivity contribution in [1.29, 1.82) is 0 Å². The number of hydrogen-bond donors (Lipinski definition) is 2. The molecular weight excluding hydrogens is 286 g/mol. The molecule has 0 bridgehead atoms. The van der Waals surface area contributed by atoms with E-state index in [2.05, 4.69) is 12.2 Å². The van der Waals surface area contributed by atoms with Gasteiger partial charge in [0.15, 0.2) is 0 Å². The second-order valence-corrected chi connectivity index (χ2v) is 7.07. The summed E-state index contributed by atoms with van der Waals surface area (Å²) in [4.78, 5) is 26.0. The molecule has 1 saturated heterocycles. The molecule has 1 aliphatic heterocycles. The minimum atomic E-state index is -0.584. The highest BCUT2D eigenvalue weighted by Crippen LogP contribution is 2.47. The Morgan fingerprint density at radius 2 is 1.90 bits per heavy atom. The van der Waals surface area contributed by atoms with Crippen molar-refractivity contribution in [3.8, 4) is 0 Å². The highest BCUT2D eigenvalue weighted by atomic mass is 32.1. The standard InChI is InChI=1S/C15H25N3O2S/c1-10-7-15(8-10,13(16)21)14(20)18-5-3-12(4-6-18)9-17-11(2)19/h10,12H,3-9H2,1-2H3,(H2,16,21)(H,17,19).